The van der Waals surface area contributed by atoms with Crippen molar-refractivity contribution in [2.24, 2.45) is 0 Å². The first-order valence-electron chi connectivity index (χ1n) is 7.44. The minimum Gasteiger partial charge on any atom is -0.389 e. The van der Waals surface area contributed by atoms with Gasteiger partial charge in [-0.25, -0.2) is 4.39 Å². The SMILES string of the molecule is CC(C)OCC(O)CN1CCOC(c2ccccc2F)C1. The van der Waals surface area contributed by atoms with Gasteiger partial charge in [0.2, 0.25) is 0 Å². The molecule has 21 heavy (non-hydrogen) atoms. The van der Waals surface area contributed by atoms with Crippen molar-refractivity contribution in [2.45, 2.75) is 32.2 Å². The summed E-state index contributed by atoms with van der Waals surface area (Å²) in [7, 11) is 0. The van der Waals surface area contributed by atoms with E-state index in [0.29, 0.717) is 31.9 Å². The molecule has 0 radical (unpaired) electrons. The first-order valence-corrected chi connectivity index (χ1v) is 7.44. The number of aliphatic hydroxyl groups excluding tert-OH is 1. The number of aliphatic hydroxyl groups is 1. The van der Waals surface area contributed by atoms with Gasteiger partial charge in [-0.3, -0.25) is 4.90 Å². The Morgan fingerprint density at radius 3 is 2.90 bits per heavy atom. The molecule has 0 bridgehead atoms. The predicted molar refractivity (Wildman–Crippen MR) is 78.6 cm³/mol. The lowest BCUT2D eigenvalue weighted by Crippen LogP contribution is -2.43. The molecular weight excluding hydrogens is 273 g/mol. The maximum atomic E-state index is 13.8. The Balaban J connectivity index is 1.87. The molecule has 1 fully saturated rings. The van der Waals surface area contributed by atoms with E-state index in [-0.39, 0.29) is 18.0 Å². The van der Waals surface area contributed by atoms with Gasteiger partial charge in [-0.15, -0.1) is 0 Å². The maximum Gasteiger partial charge on any atom is 0.129 e. The lowest BCUT2D eigenvalue weighted by molar-refractivity contribution is -0.0583. The number of nitrogens with zero attached hydrogens (tertiary/aromatic N) is 1. The van der Waals surface area contributed by atoms with E-state index in [1.165, 1.54) is 6.07 Å². The zero-order valence-corrected chi connectivity index (χ0v) is 12.7. The Labute approximate surface area is 125 Å². The van der Waals surface area contributed by atoms with E-state index >= 15 is 0 Å². The van der Waals surface area contributed by atoms with Crippen LogP contribution in [-0.4, -0.2) is 55.1 Å². The average molecular weight is 297 g/mol. The van der Waals surface area contributed by atoms with Crippen LogP contribution in [0.2, 0.25) is 0 Å². The van der Waals surface area contributed by atoms with Crippen molar-refractivity contribution < 1.29 is 19.0 Å². The Morgan fingerprint density at radius 2 is 2.19 bits per heavy atom. The third-order valence-corrected chi connectivity index (χ3v) is 3.49. The van der Waals surface area contributed by atoms with Crippen molar-refractivity contribution in [3.05, 3.63) is 35.6 Å². The molecule has 118 valence electrons. The molecule has 1 heterocycles. The molecule has 4 nitrogen and oxygen atoms in total. The van der Waals surface area contributed by atoms with Crippen LogP contribution in [0.15, 0.2) is 24.3 Å². The van der Waals surface area contributed by atoms with Crippen molar-refractivity contribution in [1.82, 2.24) is 4.90 Å². The van der Waals surface area contributed by atoms with Gasteiger partial charge in [0, 0.05) is 25.2 Å². The van der Waals surface area contributed by atoms with Crippen LogP contribution in [0.4, 0.5) is 4.39 Å². The summed E-state index contributed by atoms with van der Waals surface area (Å²) in [6.07, 6.45) is -0.708. The van der Waals surface area contributed by atoms with Crippen LogP contribution in [0.3, 0.4) is 0 Å². The van der Waals surface area contributed by atoms with E-state index in [1.807, 2.05) is 19.9 Å². The molecule has 1 aliphatic heterocycles. The van der Waals surface area contributed by atoms with E-state index in [4.69, 9.17) is 9.47 Å². The second-order valence-electron chi connectivity index (χ2n) is 5.68. The molecule has 1 aliphatic rings. The highest BCUT2D eigenvalue weighted by Crippen LogP contribution is 2.24. The maximum absolute atomic E-state index is 13.8. The number of rotatable bonds is 6. The van der Waals surface area contributed by atoms with Crippen LogP contribution in [0.1, 0.15) is 25.5 Å². The molecule has 0 aliphatic carbocycles. The second kappa shape index (κ2) is 7.84. The average Bonchev–Trinajstić information content (AvgIpc) is 2.46. The number of hydrogen-bond acceptors (Lipinski definition) is 4. The molecule has 0 spiro atoms. The van der Waals surface area contributed by atoms with Crippen LogP contribution in [0.5, 0.6) is 0 Å². The van der Waals surface area contributed by atoms with E-state index in [9.17, 15) is 9.50 Å². The van der Waals surface area contributed by atoms with Crippen LogP contribution in [0, 0.1) is 5.82 Å². The second-order valence-corrected chi connectivity index (χ2v) is 5.68. The van der Waals surface area contributed by atoms with Crippen molar-refractivity contribution in [1.29, 1.82) is 0 Å². The van der Waals surface area contributed by atoms with E-state index < -0.39 is 6.10 Å². The van der Waals surface area contributed by atoms with Gasteiger partial charge in [0.1, 0.15) is 5.82 Å². The Morgan fingerprint density at radius 1 is 1.43 bits per heavy atom. The first-order chi connectivity index (χ1) is 10.1. The molecule has 2 atom stereocenters. The fraction of sp³-hybridized carbons (Fsp3) is 0.625. The molecule has 1 saturated heterocycles. The lowest BCUT2D eigenvalue weighted by Gasteiger charge is -2.34. The summed E-state index contributed by atoms with van der Waals surface area (Å²) in [5.74, 6) is -0.243. The number of benzene rings is 1. The topological polar surface area (TPSA) is 41.9 Å². The molecule has 1 N–H and O–H groups in total. The molecule has 0 aromatic heterocycles. The number of β-amino-alcohol motifs (C(OH)–C–C–N with tert-alkyl or cyclic N) is 1. The summed E-state index contributed by atoms with van der Waals surface area (Å²) in [6.45, 7) is 6.58. The molecule has 2 unspecified atom stereocenters. The van der Waals surface area contributed by atoms with Crippen molar-refractivity contribution >= 4 is 0 Å². The van der Waals surface area contributed by atoms with Gasteiger partial charge in [0.15, 0.2) is 0 Å². The van der Waals surface area contributed by atoms with Gasteiger partial charge in [-0.1, -0.05) is 18.2 Å². The lowest BCUT2D eigenvalue weighted by atomic mass is 10.1. The normalized spacial score (nSPS) is 21.7. The highest BCUT2D eigenvalue weighted by Gasteiger charge is 2.25. The fourth-order valence-electron chi connectivity index (χ4n) is 2.45. The summed E-state index contributed by atoms with van der Waals surface area (Å²) >= 11 is 0. The zero-order valence-electron chi connectivity index (χ0n) is 12.7. The van der Waals surface area contributed by atoms with Crippen LogP contribution >= 0.6 is 0 Å². The molecule has 2 rings (SSSR count). The van der Waals surface area contributed by atoms with E-state index in [1.54, 1.807) is 12.1 Å². The summed E-state index contributed by atoms with van der Waals surface area (Å²) in [5, 5.41) is 9.98. The van der Waals surface area contributed by atoms with Crippen molar-refractivity contribution in [2.75, 3.05) is 32.8 Å². The van der Waals surface area contributed by atoms with E-state index in [2.05, 4.69) is 4.90 Å². The minimum absolute atomic E-state index is 0.107. The van der Waals surface area contributed by atoms with Gasteiger partial charge in [0.25, 0.3) is 0 Å². The van der Waals surface area contributed by atoms with Gasteiger partial charge < -0.3 is 14.6 Å². The third-order valence-electron chi connectivity index (χ3n) is 3.49. The highest BCUT2D eigenvalue weighted by atomic mass is 19.1. The van der Waals surface area contributed by atoms with Crippen LogP contribution in [0.25, 0.3) is 0 Å². The molecular formula is C16H24FNO3. The van der Waals surface area contributed by atoms with Gasteiger partial charge in [-0.05, 0) is 19.9 Å². The quantitative estimate of drug-likeness (QED) is 0.872. The number of morpholine rings is 1. The molecule has 1 aromatic carbocycles. The molecule has 0 saturated carbocycles. The molecule has 0 amide bonds. The largest absolute Gasteiger partial charge is 0.389 e. The summed E-state index contributed by atoms with van der Waals surface area (Å²) in [4.78, 5) is 2.09. The summed E-state index contributed by atoms with van der Waals surface area (Å²) in [6, 6.07) is 6.68. The zero-order chi connectivity index (χ0) is 15.2. The Hall–Kier alpha value is -1.01. The van der Waals surface area contributed by atoms with Crippen molar-refractivity contribution in [3.8, 4) is 0 Å². The van der Waals surface area contributed by atoms with Gasteiger partial charge >= 0.3 is 0 Å². The number of ether oxygens (including phenoxy) is 2. The highest BCUT2D eigenvalue weighted by molar-refractivity contribution is 5.20. The van der Waals surface area contributed by atoms with Gasteiger partial charge in [-0.2, -0.15) is 0 Å². The smallest absolute Gasteiger partial charge is 0.129 e. The standard InChI is InChI=1S/C16H24FNO3/c1-12(2)21-11-13(19)9-18-7-8-20-16(10-18)14-5-3-4-6-15(14)17/h3-6,12-13,16,19H,7-11H2,1-2H3. The van der Waals surface area contributed by atoms with Crippen LogP contribution in [-0.2, 0) is 9.47 Å². The molecule has 1 aromatic rings. The van der Waals surface area contributed by atoms with Crippen molar-refractivity contribution in [3.63, 3.8) is 0 Å². The van der Waals surface area contributed by atoms with E-state index in [0.717, 1.165) is 6.54 Å². The number of halogens is 1. The predicted octanol–water partition coefficient (Wildman–Crippen LogP) is 1.98. The van der Waals surface area contributed by atoms with Crippen LogP contribution < -0.4 is 0 Å². The fourth-order valence-corrected chi connectivity index (χ4v) is 2.45. The minimum atomic E-state index is -0.535. The Bertz CT molecular complexity index is 441. The first kappa shape index (κ1) is 16.4. The van der Waals surface area contributed by atoms with Gasteiger partial charge in [0.05, 0.1) is 31.5 Å². The third kappa shape index (κ3) is 5.04. The summed E-state index contributed by atoms with van der Waals surface area (Å²) in [5.41, 5.74) is 0.579. The number of hydrogen-bond donors (Lipinski definition) is 1. The monoisotopic (exact) mass is 297 g/mol. The summed E-state index contributed by atoms with van der Waals surface area (Å²) < 4.78 is 24.9. The molecule has 5 heteroatoms. The Kier molecular flexibility index (Phi) is 6.11.